The maximum absolute atomic E-state index is 7.26. The first-order valence-corrected chi connectivity index (χ1v) is 29.9. The molecular formula is C77H82BN3O. The third-order valence-electron chi connectivity index (χ3n) is 17.6. The van der Waals surface area contributed by atoms with Crippen molar-refractivity contribution in [1.82, 2.24) is 0 Å². The van der Waals surface area contributed by atoms with Crippen LogP contribution in [0.1, 0.15) is 157 Å². The van der Waals surface area contributed by atoms with Crippen molar-refractivity contribution in [2.75, 3.05) is 14.7 Å². The van der Waals surface area contributed by atoms with Crippen molar-refractivity contribution in [2.24, 2.45) is 0 Å². The smallest absolute Gasteiger partial charge is 0.252 e. The van der Waals surface area contributed by atoms with Crippen molar-refractivity contribution in [3.05, 3.63) is 215 Å². The van der Waals surface area contributed by atoms with E-state index in [0.29, 0.717) is 0 Å². The molecule has 0 unspecified atom stereocenters. The molecule has 0 aliphatic carbocycles. The molecule has 4 nitrogen and oxygen atoms in total. The van der Waals surface area contributed by atoms with Gasteiger partial charge in [0.2, 0.25) is 0 Å². The number of nitrogens with zero attached hydrogens (tertiary/aromatic N) is 3. The highest BCUT2D eigenvalue weighted by Crippen LogP contribution is 2.52. The van der Waals surface area contributed by atoms with E-state index in [1.54, 1.807) is 0 Å². The second kappa shape index (κ2) is 19.4. The summed E-state index contributed by atoms with van der Waals surface area (Å²) in [6, 6.07) is 70.0. The Labute approximate surface area is 489 Å². The minimum Gasteiger partial charge on any atom is -0.454 e. The lowest BCUT2D eigenvalue weighted by molar-refractivity contribution is 0.590. The van der Waals surface area contributed by atoms with Crippen LogP contribution in [0.2, 0.25) is 0 Å². The Kier molecular flexibility index (Phi) is 13.0. The number of anilines is 9. The fourth-order valence-electron chi connectivity index (χ4n) is 12.7. The van der Waals surface area contributed by atoms with E-state index in [9.17, 15) is 0 Å². The monoisotopic (exact) mass is 1080 g/mol. The van der Waals surface area contributed by atoms with E-state index in [0.717, 1.165) is 61.8 Å². The molecule has 10 aromatic rings. The summed E-state index contributed by atoms with van der Waals surface area (Å²) in [5.41, 5.74) is 25.6. The molecule has 9 aromatic carbocycles. The van der Waals surface area contributed by atoms with Crippen LogP contribution in [0.3, 0.4) is 0 Å². The lowest BCUT2D eigenvalue weighted by atomic mass is 9.33. The molecule has 0 saturated heterocycles. The SMILES string of the molecule is CC(C)c1cccc2c1oc1c(N(c3ccccc3)c3cc4c5c(c3)N(c3ccc(C(C)(C)C)cc3-c3ccc(C(C)(C)C)cc3)c3ccc(C(C)(C)C)cc3B5c3cc(C(C)(C)C)ccc3N4c3ccc(C(C)(C)C)cc3)cccc12. The van der Waals surface area contributed by atoms with E-state index in [1.165, 1.54) is 72.3 Å². The van der Waals surface area contributed by atoms with Gasteiger partial charge < -0.3 is 19.1 Å². The van der Waals surface area contributed by atoms with Gasteiger partial charge in [0, 0.05) is 50.5 Å². The fourth-order valence-corrected chi connectivity index (χ4v) is 12.7. The van der Waals surface area contributed by atoms with Crippen molar-refractivity contribution in [1.29, 1.82) is 0 Å². The van der Waals surface area contributed by atoms with Gasteiger partial charge in [0.25, 0.3) is 6.71 Å². The first kappa shape index (κ1) is 54.8. The van der Waals surface area contributed by atoms with Crippen LogP contribution in [0.4, 0.5) is 51.2 Å². The van der Waals surface area contributed by atoms with Crippen LogP contribution in [0.15, 0.2) is 186 Å². The highest BCUT2D eigenvalue weighted by molar-refractivity contribution is 7.00. The second-order valence-electron chi connectivity index (χ2n) is 29.0. The molecule has 0 amide bonds. The molecule has 82 heavy (non-hydrogen) atoms. The maximum atomic E-state index is 7.26. The van der Waals surface area contributed by atoms with Crippen molar-refractivity contribution in [3.8, 4) is 11.1 Å². The van der Waals surface area contributed by atoms with Crippen molar-refractivity contribution < 1.29 is 4.42 Å². The Bertz CT molecular complexity index is 4090. The minimum absolute atomic E-state index is 0.00976. The van der Waals surface area contributed by atoms with Crippen molar-refractivity contribution >= 4 is 96.2 Å². The zero-order valence-corrected chi connectivity index (χ0v) is 51.7. The van der Waals surface area contributed by atoms with Crippen LogP contribution in [0.5, 0.6) is 0 Å². The van der Waals surface area contributed by atoms with E-state index in [-0.39, 0.29) is 39.7 Å². The van der Waals surface area contributed by atoms with Crippen LogP contribution in [-0.2, 0) is 27.1 Å². The van der Waals surface area contributed by atoms with Crippen LogP contribution in [-0.4, -0.2) is 6.71 Å². The summed E-state index contributed by atoms with van der Waals surface area (Å²) in [4.78, 5) is 7.67. The highest BCUT2D eigenvalue weighted by atomic mass is 16.3. The molecule has 0 atom stereocenters. The van der Waals surface area contributed by atoms with Crippen molar-refractivity contribution in [3.63, 3.8) is 0 Å². The van der Waals surface area contributed by atoms with Gasteiger partial charge in [-0.1, -0.05) is 233 Å². The molecule has 5 heteroatoms. The summed E-state index contributed by atoms with van der Waals surface area (Å²) in [5.74, 6) is 0.289. The molecule has 0 saturated carbocycles. The molecule has 3 heterocycles. The molecule has 2 aliphatic rings. The molecule has 2 aliphatic heterocycles. The van der Waals surface area contributed by atoms with E-state index >= 15 is 0 Å². The third kappa shape index (κ3) is 9.43. The Hall–Kier alpha value is -7.76. The van der Waals surface area contributed by atoms with Gasteiger partial charge >= 0.3 is 0 Å². The zero-order chi connectivity index (χ0) is 58.2. The topological polar surface area (TPSA) is 22.9 Å². The van der Waals surface area contributed by atoms with Gasteiger partial charge in [-0.15, -0.1) is 0 Å². The molecule has 0 N–H and O–H groups in total. The van der Waals surface area contributed by atoms with Gasteiger partial charge in [-0.05, 0) is 155 Å². The van der Waals surface area contributed by atoms with Crippen LogP contribution < -0.4 is 31.1 Å². The van der Waals surface area contributed by atoms with Crippen molar-refractivity contribution in [2.45, 2.75) is 151 Å². The van der Waals surface area contributed by atoms with E-state index in [2.05, 4.69) is 314 Å². The number of para-hydroxylation sites is 3. The number of rotatable bonds is 7. The minimum atomic E-state index is -0.101. The second-order valence-corrected chi connectivity index (χ2v) is 29.0. The number of hydrogen-bond acceptors (Lipinski definition) is 4. The molecular weight excluding hydrogens is 994 g/mol. The molecule has 0 radical (unpaired) electrons. The zero-order valence-electron chi connectivity index (χ0n) is 51.7. The molecule has 414 valence electrons. The van der Waals surface area contributed by atoms with E-state index in [4.69, 9.17) is 4.42 Å². The summed E-state index contributed by atoms with van der Waals surface area (Å²) < 4.78 is 7.26. The summed E-state index contributed by atoms with van der Waals surface area (Å²) >= 11 is 0. The predicted molar refractivity (Wildman–Crippen MR) is 355 cm³/mol. The molecule has 12 rings (SSSR count). The Balaban J connectivity index is 1.25. The quantitative estimate of drug-likeness (QED) is 0.148. The lowest BCUT2D eigenvalue weighted by Gasteiger charge is -2.46. The Morgan fingerprint density at radius 3 is 1.39 bits per heavy atom. The summed E-state index contributed by atoms with van der Waals surface area (Å²) in [6.07, 6.45) is 0. The van der Waals surface area contributed by atoms with Gasteiger partial charge in [-0.2, -0.15) is 0 Å². The highest BCUT2D eigenvalue weighted by Gasteiger charge is 2.45. The van der Waals surface area contributed by atoms with Gasteiger partial charge in [-0.25, -0.2) is 0 Å². The maximum Gasteiger partial charge on any atom is 0.252 e. The number of fused-ring (bicyclic) bond motifs is 7. The first-order valence-electron chi connectivity index (χ1n) is 29.9. The molecule has 0 bridgehead atoms. The van der Waals surface area contributed by atoms with E-state index < -0.39 is 0 Å². The van der Waals surface area contributed by atoms with Gasteiger partial charge in [-0.3, -0.25) is 0 Å². The molecule has 0 spiro atoms. The third-order valence-corrected chi connectivity index (χ3v) is 17.6. The molecule has 0 fully saturated rings. The fraction of sp³-hybridized carbons (Fsp3) is 0.299. The first-order chi connectivity index (χ1) is 38.7. The number of furan rings is 1. The predicted octanol–water partition coefficient (Wildman–Crippen LogP) is 20.4. The van der Waals surface area contributed by atoms with Crippen LogP contribution in [0.25, 0.3) is 33.1 Å². The van der Waals surface area contributed by atoms with Gasteiger partial charge in [0.05, 0.1) is 17.1 Å². The van der Waals surface area contributed by atoms with E-state index in [1.807, 2.05) is 0 Å². The lowest BCUT2D eigenvalue weighted by Crippen LogP contribution is -2.61. The Morgan fingerprint density at radius 1 is 0.390 bits per heavy atom. The molecule has 1 aromatic heterocycles. The summed E-state index contributed by atoms with van der Waals surface area (Å²) in [6.45, 7) is 39.3. The largest absolute Gasteiger partial charge is 0.454 e. The Morgan fingerprint density at radius 2 is 0.854 bits per heavy atom. The van der Waals surface area contributed by atoms with Gasteiger partial charge in [0.1, 0.15) is 5.58 Å². The number of benzene rings is 9. The van der Waals surface area contributed by atoms with Gasteiger partial charge in [0.15, 0.2) is 5.58 Å². The summed E-state index contributed by atoms with van der Waals surface area (Å²) in [5, 5.41) is 2.24. The average Bonchev–Trinajstić information content (AvgIpc) is 1.00. The average molecular weight is 1080 g/mol. The van der Waals surface area contributed by atoms with Crippen LogP contribution >= 0.6 is 0 Å². The summed E-state index contributed by atoms with van der Waals surface area (Å²) in [7, 11) is 0. The number of hydrogen-bond donors (Lipinski definition) is 0. The normalized spacial score (nSPS) is 13.7. The standard InChI is InChI=1S/C77H82BN3O/c1-48(2)58-25-21-26-59-60-27-22-28-67(72(60)82-71(58)59)79(55-23-19-18-20-24-55)57-46-68-70-69(47-57)81(64-40-35-52(75(9,10)11)43-61(64)49-29-31-50(32-30-49)73(3,4)5)66-42-37-54(77(15,16)17)45-63(66)78(70)62-44-53(76(12,13)14)36-41-65(62)80(68)56-38-33-51(34-39-56)74(6,7)8/h18-48H,1-17H3. The van der Waals surface area contributed by atoms with Crippen LogP contribution in [0, 0.1) is 0 Å².